The molecule has 0 aliphatic rings. The molecule has 0 bridgehead atoms. The van der Waals surface area contributed by atoms with Gasteiger partial charge in [-0.2, -0.15) is 0 Å². The van der Waals surface area contributed by atoms with Crippen LogP contribution < -0.4 is 0 Å². The van der Waals surface area contributed by atoms with Crippen LogP contribution in [0.5, 0.6) is 0 Å². The standard InChI is InChI=1S/C9H5BrOS2/c10-7-3-1-6(2-4-7)8-5-13-9(12)11-8/h1-5H. The lowest BCUT2D eigenvalue weighted by Gasteiger charge is -1.94. The van der Waals surface area contributed by atoms with Gasteiger partial charge in [0.15, 0.2) is 0 Å². The topological polar surface area (TPSA) is 13.1 Å². The Morgan fingerprint density at radius 1 is 1.23 bits per heavy atom. The van der Waals surface area contributed by atoms with Crippen molar-refractivity contribution in [2.45, 2.75) is 0 Å². The summed E-state index contributed by atoms with van der Waals surface area (Å²) in [7, 11) is 0. The molecular weight excluding hydrogens is 268 g/mol. The molecule has 0 fully saturated rings. The van der Waals surface area contributed by atoms with Crippen molar-refractivity contribution in [3.63, 3.8) is 0 Å². The Labute approximate surface area is 93.2 Å². The molecule has 0 saturated heterocycles. The normalized spacial score (nSPS) is 10.2. The molecule has 66 valence electrons. The van der Waals surface area contributed by atoms with Crippen LogP contribution in [0.2, 0.25) is 0 Å². The van der Waals surface area contributed by atoms with Crippen LogP contribution in [0.4, 0.5) is 0 Å². The summed E-state index contributed by atoms with van der Waals surface area (Å²) < 4.78 is 6.96. The molecule has 2 rings (SSSR count). The van der Waals surface area contributed by atoms with Gasteiger partial charge >= 0.3 is 0 Å². The summed E-state index contributed by atoms with van der Waals surface area (Å²) in [6, 6.07) is 7.94. The molecule has 0 N–H and O–H groups in total. The molecule has 1 heterocycles. The van der Waals surface area contributed by atoms with E-state index in [4.69, 9.17) is 16.6 Å². The van der Waals surface area contributed by atoms with Gasteiger partial charge in [-0.15, -0.1) is 0 Å². The minimum atomic E-state index is 0.568. The molecule has 0 aliphatic carbocycles. The van der Waals surface area contributed by atoms with Crippen molar-refractivity contribution in [1.29, 1.82) is 0 Å². The predicted octanol–water partition coefficient (Wildman–Crippen LogP) is 4.50. The highest BCUT2D eigenvalue weighted by atomic mass is 79.9. The molecule has 0 saturated carbocycles. The van der Waals surface area contributed by atoms with Crippen LogP contribution in [0.1, 0.15) is 0 Å². The molecule has 1 aromatic heterocycles. The highest BCUT2D eigenvalue weighted by Crippen LogP contribution is 2.24. The van der Waals surface area contributed by atoms with Crippen molar-refractivity contribution >= 4 is 39.5 Å². The van der Waals surface area contributed by atoms with Crippen LogP contribution in [-0.2, 0) is 0 Å². The maximum atomic E-state index is 5.33. The summed E-state index contributed by atoms with van der Waals surface area (Å²) in [6.45, 7) is 0. The second-order valence-electron chi connectivity index (χ2n) is 2.46. The molecule has 2 aromatic rings. The fourth-order valence-corrected chi connectivity index (χ4v) is 2.00. The van der Waals surface area contributed by atoms with Crippen LogP contribution in [0.3, 0.4) is 0 Å². The maximum Gasteiger partial charge on any atom is 0.247 e. The first kappa shape index (κ1) is 9.12. The molecule has 0 unspecified atom stereocenters. The zero-order chi connectivity index (χ0) is 9.26. The fraction of sp³-hybridized carbons (Fsp3) is 0. The zero-order valence-corrected chi connectivity index (χ0v) is 9.71. The van der Waals surface area contributed by atoms with E-state index in [-0.39, 0.29) is 0 Å². The van der Waals surface area contributed by atoms with Crippen molar-refractivity contribution in [3.8, 4) is 11.3 Å². The van der Waals surface area contributed by atoms with Crippen molar-refractivity contribution in [3.05, 3.63) is 38.1 Å². The SMILES string of the molecule is S=c1oc(-c2ccc(Br)cc2)cs1. The number of halogens is 1. The van der Waals surface area contributed by atoms with Gasteiger partial charge in [0.2, 0.25) is 4.02 Å². The highest BCUT2D eigenvalue weighted by Gasteiger charge is 2.00. The first-order valence-electron chi connectivity index (χ1n) is 3.60. The summed E-state index contributed by atoms with van der Waals surface area (Å²) in [5.41, 5.74) is 1.05. The van der Waals surface area contributed by atoms with Crippen LogP contribution in [0, 0.1) is 4.02 Å². The molecule has 0 aliphatic heterocycles. The van der Waals surface area contributed by atoms with Gasteiger partial charge in [0.05, 0.1) is 0 Å². The molecular formula is C9H5BrOS2. The van der Waals surface area contributed by atoms with Crippen molar-refractivity contribution in [2.75, 3.05) is 0 Å². The van der Waals surface area contributed by atoms with E-state index in [9.17, 15) is 0 Å². The summed E-state index contributed by atoms with van der Waals surface area (Å²) in [6.07, 6.45) is 0. The van der Waals surface area contributed by atoms with Crippen LogP contribution >= 0.6 is 39.5 Å². The van der Waals surface area contributed by atoms with Crippen molar-refractivity contribution in [2.24, 2.45) is 0 Å². The minimum Gasteiger partial charge on any atom is -0.435 e. The average molecular weight is 273 g/mol. The lowest BCUT2D eigenvalue weighted by molar-refractivity contribution is 0.574. The monoisotopic (exact) mass is 272 g/mol. The third kappa shape index (κ3) is 2.07. The Kier molecular flexibility index (Phi) is 2.62. The molecule has 13 heavy (non-hydrogen) atoms. The second-order valence-corrected chi connectivity index (χ2v) is 4.85. The minimum absolute atomic E-state index is 0.568. The van der Waals surface area contributed by atoms with E-state index >= 15 is 0 Å². The Balaban J connectivity index is 2.47. The van der Waals surface area contributed by atoms with E-state index in [2.05, 4.69) is 15.9 Å². The van der Waals surface area contributed by atoms with Gasteiger partial charge in [0, 0.05) is 15.4 Å². The third-order valence-corrected chi connectivity index (χ3v) is 3.09. The molecule has 1 nitrogen and oxygen atoms in total. The van der Waals surface area contributed by atoms with E-state index in [1.54, 1.807) is 0 Å². The lowest BCUT2D eigenvalue weighted by atomic mass is 10.2. The summed E-state index contributed by atoms with van der Waals surface area (Å²) in [5, 5.41) is 1.92. The Bertz CT molecular complexity index is 455. The second kappa shape index (κ2) is 3.74. The van der Waals surface area contributed by atoms with E-state index in [1.807, 2.05) is 29.6 Å². The quantitative estimate of drug-likeness (QED) is 0.710. The Morgan fingerprint density at radius 3 is 2.46 bits per heavy atom. The molecule has 1 aromatic carbocycles. The van der Waals surface area contributed by atoms with Gasteiger partial charge in [-0.25, -0.2) is 0 Å². The van der Waals surface area contributed by atoms with Gasteiger partial charge in [-0.1, -0.05) is 39.4 Å². The predicted molar refractivity (Wildman–Crippen MR) is 60.6 cm³/mol. The number of rotatable bonds is 1. The molecule has 0 atom stereocenters. The van der Waals surface area contributed by atoms with Gasteiger partial charge in [0.1, 0.15) is 5.76 Å². The lowest BCUT2D eigenvalue weighted by Crippen LogP contribution is -1.71. The average Bonchev–Trinajstić information content (AvgIpc) is 2.53. The Hall–Kier alpha value is -0.450. The Morgan fingerprint density at radius 2 is 1.92 bits per heavy atom. The summed E-state index contributed by atoms with van der Waals surface area (Å²) in [4.78, 5) is 0. The van der Waals surface area contributed by atoms with E-state index in [1.165, 1.54) is 11.3 Å². The first-order valence-corrected chi connectivity index (χ1v) is 5.68. The van der Waals surface area contributed by atoms with E-state index < -0.39 is 0 Å². The smallest absolute Gasteiger partial charge is 0.247 e. The zero-order valence-electron chi connectivity index (χ0n) is 6.49. The number of benzene rings is 1. The van der Waals surface area contributed by atoms with Gasteiger partial charge in [-0.05, 0) is 24.4 Å². The van der Waals surface area contributed by atoms with E-state index in [0.29, 0.717) is 4.02 Å². The first-order chi connectivity index (χ1) is 6.25. The van der Waals surface area contributed by atoms with E-state index in [0.717, 1.165) is 15.8 Å². The molecule has 4 heteroatoms. The summed E-state index contributed by atoms with van der Waals surface area (Å²) >= 11 is 9.72. The van der Waals surface area contributed by atoms with Gasteiger partial charge < -0.3 is 4.42 Å². The highest BCUT2D eigenvalue weighted by molar-refractivity contribution is 9.10. The molecule has 0 amide bonds. The van der Waals surface area contributed by atoms with Crippen LogP contribution in [0.15, 0.2) is 38.5 Å². The number of hydrogen-bond acceptors (Lipinski definition) is 3. The van der Waals surface area contributed by atoms with Crippen LogP contribution in [-0.4, -0.2) is 0 Å². The third-order valence-electron chi connectivity index (χ3n) is 1.58. The molecule has 0 spiro atoms. The number of hydrogen-bond donors (Lipinski definition) is 0. The molecule has 0 radical (unpaired) electrons. The largest absolute Gasteiger partial charge is 0.435 e. The summed E-state index contributed by atoms with van der Waals surface area (Å²) in [5.74, 6) is 0.836. The van der Waals surface area contributed by atoms with Gasteiger partial charge in [-0.3, -0.25) is 0 Å². The van der Waals surface area contributed by atoms with Crippen molar-refractivity contribution < 1.29 is 4.42 Å². The van der Waals surface area contributed by atoms with Gasteiger partial charge in [0.25, 0.3) is 0 Å². The maximum absolute atomic E-state index is 5.33. The van der Waals surface area contributed by atoms with Crippen LogP contribution in [0.25, 0.3) is 11.3 Å². The van der Waals surface area contributed by atoms with Crippen molar-refractivity contribution in [1.82, 2.24) is 0 Å². The fourth-order valence-electron chi connectivity index (χ4n) is 0.981.